The lowest BCUT2D eigenvalue weighted by atomic mass is 9.98. The molecule has 1 saturated heterocycles. The number of amides is 1. The van der Waals surface area contributed by atoms with Crippen molar-refractivity contribution in [1.29, 1.82) is 0 Å². The zero-order valence-corrected chi connectivity index (χ0v) is 12.1. The molecule has 5 nitrogen and oxygen atoms in total. The highest BCUT2D eigenvalue weighted by atomic mass is 32.2. The van der Waals surface area contributed by atoms with Gasteiger partial charge in [0, 0.05) is 5.75 Å². The molecule has 0 spiro atoms. The van der Waals surface area contributed by atoms with Gasteiger partial charge in [0.2, 0.25) is 0 Å². The molecule has 0 saturated carbocycles. The molecule has 1 aliphatic heterocycles. The van der Waals surface area contributed by atoms with Crippen LogP contribution in [0.3, 0.4) is 0 Å². The number of hydrogen-bond donors (Lipinski definition) is 1. The van der Waals surface area contributed by atoms with Crippen molar-refractivity contribution >= 4 is 23.8 Å². The van der Waals surface area contributed by atoms with Gasteiger partial charge in [0.05, 0.1) is 19.1 Å². The minimum absolute atomic E-state index is 0.217. The summed E-state index contributed by atoms with van der Waals surface area (Å²) in [7, 11) is 1.37. The van der Waals surface area contributed by atoms with E-state index < -0.39 is 11.7 Å². The molecule has 0 aliphatic carbocycles. The van der Waals surface area contributed by atoms with Crippen LogP contribution in [0.4, 0.5) is 4.79 Å². The van der Waals surface area contributed by atoms with E-state index in [-0.39, 0.29) is 17.9 Å². The van der Waals surface area contributed by atoms with Crippen LogP contribution in [-0.4, -0.2) is 42.3 Å². The van der Waals surface area contributed by atoms with Gasteiger partial charge in [-0.05, 0) is 32.9 Å². The monoisotopic (exact) mass is 275 g/mol. The molecule has 2 atom stereocenters. The summed E-state index contributed by atoms with van der Waals surface area (Å²) in [6.07, 6.45) is 0.238. The van der Waals surface area contributed by atoms with Crippen LogP contribution in [0.1, 0.15) is 27.2 Å². The lowest BCUT2D eigenvalue weighted by molar-refractivity contribution is -0.146. The van der Waals surface area contributed by atoms with E-state index in [0.717, 1.165) is 12.2 Å². The molecule has 104 valence electrons. The second kappa shape index (κ2) is 6.31. The quantitative estimate of drug-likeness (QED) is 0.779. The van der Waals surface area contributed by atoms with E-state index in [4.69, 9.17) is 9.47 Å². The Morgan fingerprint density at radius 3 is 2.56 bits per heavy atom. The second-order valence-corrected chi connectivity index (χ2v) is 6.40. The summed E-state index contributed by atoms with van der Waals surface area (Å²) < 4.78 is 9.95. The SMILES string of the molecule is COC(=O)C1CCSCC1NC(=O)OC(C)(C)C. The minimum atomic E-state index is -0.535. The first-order chi connectivity index (χ1) is 8.33. The lowest BCUT2D eigenvalue weighted by Crippen LogP contribution is -2.48. The highest BCUT2D eigenvalue weighted by Crippen LogP contribution is 2.24. The first-order valence-corrected chi connectivity index (χ1v) is 7.14. The number of nitrogens with one attached hydrogen (secondary N) is 1. The van der Waals surface area contributed by atoms with Crippen LogP contribution in [0, 0.1) is 5.92 Å². The average molecular weight is 275 g/mol. The molecule has 1 amide bonds. The van der Waals surface area contributed by atoms with Crippen LogP contribution < -0.4 is 5.32 Å². The standard InChI is InChI=1S/C12H21NO4S/c1-12(2,3)17-11(15)13-9-7-18-6-5-8(9)10(14)16-4/h8-9H,5-7H2,1-4H3,(H,13,15). The number of hydrogen-bond acceptors (Lipinski definition) is 5. The number of ether oxygens (including phenoxy) is 2. The normalized spacial score (nSPS) is 24.2. The minimum Gasteiger partial charge on any atom is -0.469 e. The van der Waals surface area contributed by atoms with E-state index in [1.54, 1.807) is 32.5 Å². The third-order valence-corrected chi connectivity index (χ3v) is 3.68. The fourth-order valence-electron chi connectivity index (χ4n) is 1.77. The molecule has 2 unspecified atom stereocenters. The van der Waals surface area contributed by atoms with Crippen LogP contribution in [0.25, 0.3) is 0 Å². The molecule has 0 aromatic rings. The molecular formula is C12H21NO4S. The van der Waals surface area contributed by atoms with E-state index in [9.17, 15) is 9.59 Å². The highest BCUT2D eigenvalue weighted by molar-refractivity contribution is 7.99. The van der Waals surface area contributed by atoms with Crippen LogP contribution in [0.5, 0.6) is 0 Å². The maximum Gasteiger partial charge on any atom is 0.407 e. The van der Waals surface area contributed by atoms with E-state index in [2.05, 4.69) is 5.32 Å². The lowest BCUT2D eigenvalue weighted by Gasteiger charge is -2.30. The predicted octanol–water partition coefficient (Wildman–Crippen LogP) is 1.81. The Bertz CT molecular complexity index is 314. The van der Waals surface area contributed by atoms with Gasteiger partial charge >= 0.3 is 12.1 Å². The Labute approximate surface area is 112 Å². The molecule has 1 rings (SSSR count). The third-order valence-electron chi connectivity index (χ3n) is 2.56. The maximum absolute atomic E-state index is 11.7. The summed E-state index contributed by atoms with van der Waals surface area (Å²) in [6.45, 7) is 5.42. The summed E-state index contributed by atoms with van der Waals surface area (Å²) in [5.41, 5.74) is -0.535. The van der Waals surface area contributed by atoms with Gasteiger partial charge in [0.15, 0.2) is 0 Å². The van der Waals surface area contributed by atoms with E-state index in [1.165, 1.54) is 7.11 Å². The third kappa shape index (κ3) is 4.76. The van der Waals surface area contributed by atoms with Gasteiger partial charge in [-0.15, -0.1) is 0 Å². The van der Waals surface area contributed by atoms with Crippen molar-refractivity contribution in [2.45, 2.75) is 38.8 Å². The molecule has 0 aromatic heterocycles. The number of carbonyl (C=O) groups is 2. The van der Waals surface area contributed by atoms with Crippen LogP contribution in [-0.2, 0) is 14.3 Å². The van der Waals surface area contributed by atoms with Gasteiger partial charge < -0.3 is 14.8 Å². The number of esters is 1. The smallest absolute Gasteiger partial charge is 0.407 e. The van der Waals surface area contributed by atoms with Gasteiger partial charge in [0.25, 0.3) is 0 Å². The van der Waals surface area contributed by atoms with Crippen LogP contribution in [0.2, 0.25) is 0 Å². The fourth-order valence-corrected chi connectivity index (χ4v) is 2.93. The largest absolute Gasteiger partial charge is 0.469 e. The average Bonchev–Trinajstić information content (AvgIpc) is 2.26. The molecule has 1 aliphatic rings. The molecule has 1 N–H and O–H groups in total. The number of methoxy groups -OCH3 is 1. The summed E-state index contributed by atoms with van der Waals surface area (Å²) in [5, 5.41) is 2.76. The van der Waals surface area contributed by atoms with Crippen molar-refractivity contribution in [3.63, 3.8) is 0 Å². The Balaban J connectivity index is 2.57. The molecule has 0 radical (unpaired) electrons. The number of carbonyl (C=O) groups excluding carboxylic acids is 2. The van der Waals surface area contributed by atoms with Crippen molar-refractivity contribution in [2.24, 2.45) is 5.92 Å². The Hall–Kier alpha value is -0.910. The summed E-state index contributed by atoms with van der Waals surface area (Å²) >= 11 is 1.72. The van der Waals surface area contributed by atoms with E-state index >= 15 is 0 Å². The van der Waals surface area contributed by atoms with Crippen LogP contribution >= 0.6 is 11.8 Å². The number of rotatable bonds is 2. The summed E-state index contributed by atoms with van der Waals surface area (Å²) in [4.78, 5) is 23.3. The van der Waals surface area contributed by atoms with E-state index in [0.29, 0.717) is 5.75 Å². The molecule has 6 heteroatoms. The molecule has 0 bridgehead atoms. The second-order valence-electron chi connectivity index (χ2n) is 5.25. The van der Waals surface area contributed by atoms with Gasteiger partial charge in [-0.1, -0.05) is 0 Å². The maximum atomic E-state index is 11.7. The van der Waals surface area contributed by atoms with Gasteiger partial charge in [0.1, 0.15) is 5.60 Å². The summed E-state index contributed by atoms with van der Waals surface area (Å²) in [5.74, 6) is 1.07. The first kappa shape index (κ1) is 15.1. The van der Waals surface area contributed by atoms with E-state index in [1.807, 2.05) is 0 Å². The highest BCUT2D eigenvalue weighted by Gasteiger charge is 2.34. The van der Waals surface area contributed by atoms with Crippen molar-refractivity contribution in [3.8, 4) is 0 Å². The Kier molecular flexibility index (Phi) is 5.31. The van der Waals surface area contributed by atoms with Crippen molar-refractivity contribution < 1.29 is 19.1 Å². The fraction of sp³-hybridized carbons (Fsp3) is 0.833. The van der Waals surface area contributed by atoms with Crippen LogP contribution in [0.15, 0.2) is 0 Å². The Morgan fingerprint density at radius 1 is 1.33 bits per heavy atom. The van der Waals surface area contributed by atoms with Crippen molar-refractivity contribution in [2.75, 3.05) is 18.6 Å². The molecule has 18 heavy (non-hydrogen) atoms. The molecular weight excluding hydrogens is 254 g/mol. The molecule has 0 aromatic carbocycles. The zero-order chi connectivity index (χ0) is 13.8. The topological polar surface area (TPSA) is 64.6 Å². The number of alkyl carbamates (subject to hydrolysis) is 1. The van der Waals surface area contributed by atoms with Crippen molar-refractivity contribution in [1.82, 2.24) is 5.32 Å². The predicted molar refractivity (Wildman–Crippen MR) is 70.6 cm³/mol. The van der Waals surface area contributed by atoms with Gasteiger partial charge in [-0.3, -0.25) is 4.79 Å². The van der Waals surface area contributed by atoms with Crippen molar-refractivity contribution in [3.05, 3.63) is 0 Å². The summed E-state index contributed by atoms with van der Waals surface area (Å²) in [6, 6.07) is -0.217. The van der Waals surface area contributed by atoms with Gasteiger partial charge in [-0.25, -0.2) is 4.79 Å². The van der Waals surface area contributed by atoms with Gasteiger partial charge in [-0.2, -0.15) is 11.8 Å². The first-order valence-electron chi connectivity index (χ1n) is 5.98. The molecule has 1 fully saturated rings. The Morgan fingerprint density at radius 2 is 2.00 bits per heavy atom. The zero-order valence-electron chi connectivity index (χ0n) is 11.3. The molecule has 1 heterocycles. The number of thioether (sulfide) groups is 1.